The highest BCUT2D eigenvalue weighted by molar-refractivity contribution is 7.99. The second kappa shape index (κ2) is 11.5. The largest absolute Gasteiger partial charge is 0.459 e. The summed E-state index contributed by atoms with van der Waals surface area (Å²) >= 11 is 1.22. The molecule has 0 radical (unpaired) electrons. The van der Waals surface area contributed by atoms with Crippen LogP contribution in [0.5, 0.6) is 0 Å². The number of thioether (sulfide) groups is 1. The Balaban J connectivity index is 2.44. The molecule has 1 heterocycles. The van der Waals surface area contributed by atoms with Gasteiger partial charge >= 0.3 is 5.97 Å². The lowest BCUT2D eigenvalue weighted by Gasteiger charge is -2.20. The van der Waals surface area contributed by atoms with Crippen LogP contribution in [0.25, 0.3) is 11.4 Å². The number of methoxy groups -OCH3 is 1. The van der Waals surface area contributed by atoms with Crippen LogP contribution in [-0.4, -0.2) is 71.6 Å². The minimum absolute atomic E-state index is 0.0749. The molecule has 1 atom stereocenters. The first-order valence-corrected chi connectivity index (χ1v) is 13.3. The molecular formula is C22H34N4O5S2. The average Bonchev–Trinajstić information content (AvgIpc) is 3.16. The van der Waals surface area contributed by atoms with E-state index in [1.54, 1.807) is 31.4 Å². The monoisotopic (exact) mass is 498 g/mol. The minimum atomic E-state index is -3.62. The van der Waals surface area contributed by atoms with E-state index in [0.717, 1.165) is 0 Å². The fourth-order valence-electron chi connectivity index (χ4n) is 3.29. The van der Waals surface area contributed by atoms with Gasteiger partial charge in [0.05, 0.1) is 23.3 Å². The van der Waals surface area contributed by atoms with Crippen LogP contribution in [0, 0.1) is 0 Å². The van der Waals surface area contributed by atoms with E-state index in [2.05, 4.69) is 10.2 Å². The molecule has 0 aliphatic carbocycles. The van der Waals surface area contributed by atoms with Crippen molar-refractivity contribution in [3.8, 4) is 11.4 Å². The Bertz CT molecular complexity index is 1040. The van der Waals surface area contributed by atoms with Crippen LogP contribution in [0.2, 0.25) is 0 Å². The molecule has 1 aromatic heterocycles. The first-order chi connectivity index (χ1) is 15.4. The van der Waals surface area contributed by atoms with E-state index >= 15 is 0 Å². The Labute approximate surface area is 200 Å². The van der Waals surface area contributed by atoms with Crippen molar-refractivity contribution in [2.45, 2.75) is 63.2 Å². The van der Waals surface area contributed by atoms with Crippen molar-refractivity contribution in [1.29, 1.82) is 0 Å². The van der Waals surface area contributed by atoms with Gasteiger partial charge in [0.25, 0.3) is 0 Å². The molecule has 0 N–H and O–H groups in total. The number of aromatic nitrogens is 3. The Morgan fingerprint density at radius 1 is 1.21 bits per heavy atom. The predicted octanol–water partition coefficient (Wildman–Crippen LogP) is 3.62. The molecule has 184 valence electrons. The zero-order valence-corrected chi connectivity index (χ0v) is 22.0. The molecule has 0 bridgehead atoms. The van der Waals surface area contributed by atoms with Crippen molar-refractivity contribution in [1.82, 2.24) is 19.1 Å². The van der Waals surface area contributed by atoms with E-state index in [1.807, 2.05) is 46.1 Å². The van der Waals surface area contributed by atoms with Gasteiger partial charge < -0.3 is 9.47 Å². The quantitative estimate of drug-likeness (QED) is 0.342. The van der Waals surface area contributed by atoms with Crippen molar-refractivity contribution in [2.75, 3.05) is 32.6 Å². The number of carbonyl (C=O) groups is 1. The van der Waals surface area contributed by atoms with Crippen molar-refractivity contribution < 1.29 is 22.7 Å². The van der Waals surface area contributed by atoms with Crippen molar-refractivity contribution >= 4 is 27.8 Å². The van der Waals surface area contributed by atoms with Crippen LogP contribution >= 0.6 is 11.8 Å². The summed E-state index contributed by atoms with van der Waals surface area (Å²) in [4.78, 5) is 12.4. The van der Waals surface area contributed by atoms with E-state index in [1.165, 1.54) is 16.1 Å². The average molecular weight is 499 g/mol. The zero-order valence-electron chi connectivity index (χ0n) is 20.4. The molecule has 0 saturated heterocycles. The Morgan fingerprint density at radius 3 is 2.45 bits per heavy atom. The third-order valence-electron chi connectivity index (χ3n) is 4.69. The van der Waals surface area contributed by atoms with Crippen LogP contribution in [0.1, 0.15) is 47.6 Å². The number of sulfonamides is 1. The number of ether oxygens (including phenoxy) is 2. The lowest BCUT2D eigenvalue weighted by Crippen LogP contribution is -2.30. The Kier molecular flexibility index (Phi) is 9.48. The smallest absolute Gasteiger partial charge is 0.316 e. The highest BCUT2D eigenvalue weighted by Crippen LogP contribution is 2.30. The van der Waals surface area contributed by atoms with Gasteiger partial charge in [0.2, 0.25) is 10.0 Å². The van der Waals surface area contributed by atoms with Gasteiger partial charge in [0, 0.05) is 25.8 Å². The lowest BCUT2D eigenvalue weighted by atomic mass is 10.2. The fraction of sp³-hybridized carbons (Fsp3) is 0.591. The molecule has 9 nitrogen and oxygen atoms in total. The molecule has 2 rings (SSSR count). The van der Waals surface area contributed by atoms with Gasteiger partial charge in [-0.05, 0) is 39.8 Å². The summed E-state index contributed by atoms with van der Waals surface area (Å²) in [6, 6.07) is 6.53. The van der Waals surface area contributed by atoms with E-state index < -0.39 is 15.6 Å². The third kappa shape index (κ3) is 7.02. The van der Waals surface area contributed by atoms with Gasteiger partial charge in [-0.3, -0.25) is 9.36 Å². The van der Waals surface area contributed by atoms with E-state index in [0.29, 0.717) is 36.2 Å². The summed E-state index contributed by atoms with van der Waals surface area (Å²) in [6.45, 7) is 12.2. The summed E-state index contributed by atoms with van der Waals surface area (Å²) < 4.78 is 40.0. The van der Waals surface area contributed by atoms with Crippen molar-refractivity contribution in [2.24, 2.45) is 0 Å². The molecule has 0 fully saturated rings. The topological polar surface area (TPSA) is 104 Å². The fourth-order valence-corrected chi connectivity index (χ4v) is 5.60. The normalized spacial score (nSPS) is 13.3. The molecule has 0 spiro atoms. The molecule has 1 aromatic carbocycles. The standard InChI is InChI=1S/C22H34N4O5S2/c1-8-25(9-2)33(28,29)18-12-10-11-17(13-18)20-23-24-21(26(20)16(3)14-30-7)32-15-19(27)31-22(4,5)6/h10-13,16H,8-9,14-15H2,1-7H3. The molecule has 33 heavy (non-hydrogen) atoms. The SMILES string of the molecule is CCN(CC)S(=O)(=O)c1cccc(-c2nnc(SCC(=O)OC(C)(C)C)n2C(C)COC)c1. The Morgan fingerprint density at radius 2 is 1.88 bits per heavy atom. The second-order valence-electron chi connectivity index (χ2n) is 8.47. The number of benzene rings is 1. The van der Waals surface area contributed by atoms with Crippen LogP contribution in [0.4, 0.5) is 0 Å². The van der Waals surface area contributed by atoms with E-state index in [-0.39, 0.29) is 22.7 Å². The van der Waals surface area contributed by atoms with Crippen molar-refractivity contribution in [3.05, 3.63) is 24.3 Å². The molecule has 0 saturated carbocycles. The number of hydrogen-bond acceptors (Lipinski definition) is 8. The van der Waals surface area contributed by atoms with Gasteiger partial charge in [0.15, 0.2) is 11.0 Å². The van der Waals surface area contributed by atoms with Crippen LogP contribution < -0.4 is 0 Å². The maximum Gasteiger partial charge on any atom is 0.316 e. The molecule has 2 aromatic rings. The summed E-state index contributed by atoms with van der Waals surface area (Å²) in [6.07, 6.45) is 0. The molecule has 1 unspecified atom stereocenters. The number of nitrogens with zero attached hydrogens (tertiary/aromatic N) is 4. The summed E-state index contributed by atoms with van der Waals surface area (Å²) in [5.74, 6) is 0.226. The van der Waals surface area contributed by atoms with Crippen LogP contribution in [0.3, 0.4) is 0 Å². The number of esters is 1. The predicted molar refractivity (Wildman–Crippen MR) is 129 cm³/mol. The second-order valence-corrected chi connectivity index (χ2v) is 11.4. The molecule has 0 aliphatic rings. The summed E-state index contributed by atoms with van der Waals surface area (Å²) in [5, 5.41) is 9.13. The van der Waals surface area contributed by atoms with E-state index in [4.69, 9.17) is 9.47 Å². The first-order valence-electron chi connectivity index (χ1n) is 10.8. The maximum atomic E-state index is 13.0. The van der Waals surface area contributed by atoms with E-state index in [9.17, 15) is 13.2 Å². The van der Waals surface area contributed by atoms with Gasteiger partial charge in [0.1, 0.15) is 5.60 Å². The molecule has 11 heteroatoms. The first kappa shape index (κ1) is 27.3. The molecular weight excluding hydrogens is 464 g/mol. The van der Waals surface area contributed by atoms with Crippen LogP contribution in [-0.2, 0) is 24.3 Å². The third-order valence-corrected chi connectivity index (χ3v) is 7.65. The lowest BCUT2D eigenvalue weighted by molar-refractivity contribution is -0.151. The summed E-state index contributed by atoms with van der Waals surface area (Å²) in [7, 11) is -2.02. The zero-order chi connectivity index (χ0) is 24.8. The summed E-state index contributed by atoms with van der Waals surface area (Å²) in [5.41, 5.74) is 0.0409. The maximum absolute atomic E-state index is 13.0. The van der Waals surface area contributed by atoms with Gasteiger partial charge in [-0.1, -0.05) is 37.7 Å². The van der Waals surface area contributed by atoms with Gasteiger partial charge in [-0.25, -0.2) is 8.42 Å². The van der Waals surface area contributed by atoms with Gasteiger partial charge in [-0.2, -0.15) is 4.31 Å². The highest BCUT2D eigenvalue weighted by Gasteiger charge is 2.25. The molecule has 0 aliphatic heterocycles. The number of rotatable bonds is 11. The number of carbonyl (C=O) groups excluding carboxylic acids is 1. The highest BCUT2D eigenvalue weighted by atomic mass is 32.2. The van der Waals surface area contributed by atoms with Crippen molar-refractivity contribution in [3.63, 3.8) is 0 Å². The number of hydrogen-bond donors (Lipinski definition) is 0. The Hall–Kier alpha value is -1.95. The van der Waals surface area contributed by atoms with Gasteiger partial charge in [-0.15, -0.1) is 10.2 Å². The van der Waals surface area contributed by atoms with Crippen LogP contribution in [0.15, 0.2) is 34.3 Å². The molecule has 0 amide bonds. The minimum Gasteiger partial charge on any atom is -0.459 e.